The van der Waals surface area contributed by atoms with Crippen LogP contribution in [0.4, 0.5) is 0 Å². The Morgan fingerprint density at radius 3 is 2.26 bits per heavy atom. The van der Waals surface area contributed by atoms with Crippen LogP contribution in [-0.4, -0.2) is 25.1 Å². The average Bonchev–Trinajstić information content (AvgIpc) is 2.93. The molecule has 0 aromatic rings. The fourth-order valence-corrected chi connectivity index (χ4v) is 6.34. The molecule has 0 aromatic heterocycles. The van der Waals surface area contributed by atoms with Gasteiger partial charge in [-0.25, -0.2) is 0 Å². The van der Waals surface area contributed by atoms with E-state index < -0.39 is 13.9 Å². The SMILES string of the molecule is CC(C)(O)CCCC/C=C\[C@]12CCC[C@@H](O[Si](C)(C)C(C)(C)C)[C@@H]1CCC2. The molecule has 1 N–H and O–H groups in total. The zero-order valence-corrected chi connectivity index (χ0v) is 20.2. The maximum absolute atomic E-state index is 9.85. The summed E-state index contributed by atoms with van der Waals surface area (Å²) in [6.07, 6.45) is 17.9. The van der Waals surface area contributed by atoms with E-state index in [1.54, 1.807) is 0 Å². The average molecular weight is 395 g/mol. The van der Waals surface area contributed by atoms with Gasteiger partial charge in [0.05, 0.1) is 5.60 Å². The van der Waals surface area contributed by atoms with E-state index in [4.69, 9.17) is 4.43 Å². The van der Waals surface area contributed by atoms with Crippen LogP contribution in [0.1, 0.15) is 98.8 Å². The van der Waals surface area contributed by atoms with Crippen molar-refractivity contribution in [3.8, 4) is 0 Å². The number of allylic oxidation sites excluding steroid dienone is 2. The lowest BCUT2D eigenvalue weighted by molar-refractivity contribution is 0.0246. The first kappa shape index (κ1) is 23.2. The van der Waals surface area contributed by atoms with E-state index in [0.29, 0.717) is 16.6 Å². The molecule has 0 aliphatic heterocycles. The van der Waals surface area contributed by atoms with Gasteiger partial charge in [0.15, 0.2) is 8.32 Å². The van der Waals surface area contributed by atoms with E-state index in [2.05, 4.69) is 46.0 Å². The summed E-state index contributed by atoms with van der Waals surface area (Å²) in [5, 5.41) is 10.1. The Balaban J connectivity index is 1.96. The second kappa shape index (κ2) is 8.71. The van der Waals surface area contributed by atoms with Crippen LogP contribution in [0, 0.1) is 11.3 Å². The van der Waals surface area contributed by atoms with Crippen molar-refractivity contribution in [2.75, 3.05) is 0 Å². The summed E-state index contributed by atoms with van der Waals surface area (Å²) in [5.41, 5.74) is -0.113. The van der Waals surface area contributed by atoms with Gasteiger partial charge in [0, 0.05) is 6.10 Å². The van der Waals surface area contributed by atoms with E-state index in [-0.39, 0.29) is 0 Å². The highest BCUT2D eigenvalue weighted by molar-refractivity contribution is 6.74. The predicted octanol–water partition coefficient (Wildman–Crippen LogP) is 7.23. The van der Waals surface area contributed by atoms with Gasteiger partial charge in [0.25, 0.3) is 0 Å². The van der Waals surface area contributed by atoms with E-state index in [9.17, 15) is 5.11 Å². The Hall–Kier alpha value is -0.123. The molecular formula is C24H46O2Si. The van der Waals surface area contributed by atoms with Crippen LogP contribution in [0.5, 0.6) is 0 Å². The first-order chi connectivity index (χ1) is 12.4. The van der Waals surface area contributed by atoms with Crippen LogP contribution in [0.25, 0.3) is 0 Å². The summed E-state index contributed by atoms with van der Waals surface area (Å²) in [6, 6.07) is 0. The molecule has 2 aliphatic rings. The minimum absolute atomic E-state index is 0.294. The van der Waals surface area contributed by atoms with Gasteiger partial charge in [-0.2, -0.15) is 0 Å². The first-order valence-electron chi connectivity index (χ1n) is 11.4. The lowest BCUT2D eigenvalue weighted by Gasteiger charge is -2.47. The Labute approximate surface area is 170 Å². The largest absolute Gasteiger partial charge is 0.414 e. The van der Waals surface area contributed by atoms with Crippen molar-refractivity contribution in [2.24, 2.45) is 11.3 Å². The third kappa shape index (κ3) is 6.18. The topological polar surface area (TPSA) is 29.5 Å². The molecular weight excluding hydrogens is 348 g/mol. The molecule has 2 rings (SSSR count). The summed E-state index contributed by atoms with van der Waals surface area (Å²) in [7, 11) is -1.70. The number of hydrogen-bond acceptors (Lipinski definition) is 2. The second-order valence-electron chi connectivity index (χ2n) is 11.5. The Bertz CT molecular complexity index is 497. The molecule has 158 valence electrons. The number of hydrogen-bond donors (Lipinski definition) is 1. The second-order valence-corrected chi connectivity index (χ2v) is 16.3. The van der Waals surface area contributed by atoms with Crippen LogP contribution in [0.3, 0.4) is 0 Å². The quantitative estimate of drug-likeness (QED) is 0.267. The molecule has 0 aromatic carbocycles. The summed E-state index contributed by atoms with van der Waals surface area (Å²) in [4.78, 5) is 0. The molecule has 0 amide bonds. The van der Waals surface area contributed by atoms with Gasteiger partial charge in [-0.15, -0.1) is 0 Å². The van der Waals surface area contributed by atoms with E-state index in [1.165, 1.54) is 44.9 Å². The van der Waals surface area contributed by atoms with E-state index in [1.807, 2.05) is 13.8 Å². The minimum atomic E-state index is -1.70. The normalized spacial score (nSPS) is 30.1. The van der Waals surface area contributed by atoms with Crippen LogP contribution in [0.15, 0.2) is 12.2 Å². The van der Waals surface area contributed by atoms with Gasteiger partial charge in [0.1, 0.15) is 0 Å². The molecule has 0 radical (unpaired) electrons. The maximum atomic E-state index is 9.85. The summed E-state index contributed by atoms with van der Waals surface area (Å²) in [5.74, 6) is 0.730. The molecule has 27 heavy (non-hydrogen) atoms. The van der Waals surface area contributed by atoms with Gasteiger partial charge in [-0.05, 0) is 88.3 Å². The number of unbranched alkanes of at least 4 members (excludes halogenated alkanes) is 2. The third-order valence-electron chi connectivity index (χ3n) is 7.59. The molecule has 0 bridgehead atoms. The molecule has 0 heterocycles. The molecule has 2 aliphatic carbocycles. The lowest BCUT2D eigenvalue weighted by Crippen LogP contribution is -2.49. The summed E-state index contributed by atoms with van der Waals surface area (Å²) >= 11 is 0. The zero-order chi connectivity index (χ0) is 20.3. The first-order valence-corrected chi connectivity index (χ1v) is 14.4. The van der Waals surface area contributed by atoms with Gasteiger partial charge in [-0.3, -0.25) is 0 Å². The number of fused-ring (bicyclic) bond motifs is 1. The molecule has 0 spiro atoms. The van der Waals surface area contributed by atoms with Gasteiger partial charge in [-0.1, -0.05) is 52.2 Å². The van der Waals surface area contributed by atoms with Crippen LogP contribution < -0.4 is 0 Å². The van der Waals surface area contributed by atoms with Crippen molar-refractivity contribution in [2.45, 2.75) is 129 Å². The molecule has 2 nitrogen and oxygen atoms in total. The van der Waals surface area contributed by atoms with Crippen molar-refractivity contribution < 1.29 is 9.53 Å². The molecule has 2 saturated carbocycles. The molecule has 3 atom stereocenters. The van der Waals surface area contributed by atoms with Gasteiger partial charge < -0.3 is 9.53 Å². The highest BCUT2D eigenvalue weighted by atomic mass is 28.4. The highest BCUT2D eigenvalue weighted by Gasteiger charge is 2.50. The van der Waals surface area contributed by atoms with Crippen molar-refractivity contribution in [1.82, 2.24) is 0 Å². The summed E-state index contributed by atoms with van der Waals surface area (Å²) < 4.78 is 6.94. The monoisotopic (exact) mass is 394 g/mol. The van der Waals surface area contributed by atoms with Crippen molar-refractivity contribution >= 4 is 8.32 Å². The molecule has 0 unspecified atom stereocenters. The fraction of sp³-hybridized carbons (Fsp3) is 0.917. The van der Waals surface area contributed by atoms with Gasteiger partial charge in [0.2, 0.25) is 0 Å². The van der Waals surface area contributed by atoms with Gasteiger partial charge >= 0.3 is 0 Å². The molecule has 0 saturated heterocycles. The van der Waals surface area contributed by atoms with Crippen molar-refractivity contribution in [3.05, 3.63) is 12.2 Å². The molecule has 3 heteroatoms. The Morgan fingerprint density at radius 2 is 1.67 bits per heavy atom. The van der Waals surface area contributed by atoms with Crippen LogP contribution in [-0.2, 0) is 4.43 Å². The zero-order valence-electron chi connectivity index (χ0n) is 19.2. The predicted molar refractivity (Wildman–Crippen MR) is 120 cm³/mol. The number of rotatable bonds is 8. The van der Waals surface area contributed by atoms with Crippen LogP contribution in [0.2, 0.25) is 18.1 Å². The summed E-state index contributed by atoms with van der Waals surface area (Å²) in [6.45, 7) is 15.7. The third-order valence-corrected chi connectivity index (χ3v) is 12.1. The Morgan fingerprint density at radius 1 is 1.04 bits per heavy atom. The smallest absolute Gasteiger partial charge is 0.192 e. The lowest BCUT2D eigenvalue weighted by atomic mass is 9.66. The minimum Gasteiger partial charge on any atom is -0.414 e. The number of aliphatic hydroxyl groups is 1. The van der Waals surface area contributed by atoms with Crippen LogP contribution >= 0.6 is 0 Å². The highest BCUT2D eigenvalue weighted by Crippen LogP contribution is 2.55. The fourth-order valence-electron chi connectivity index (χ4n) is 4.95. The standard InChI is InChI=1S/C24H46O2Si/c1-22(2,3)27(6,7)26-21-15-13-19-24(18-12-14-20(21)24)17-11-9-8-10-16-23(4,5)25/h11,17,20-21,25H,8-10,12-16,18-19H2,1-7H3/b17-11-/t20-,21+,24-/m0/s1. The van der Waals surface area contributed by atoms with E-state index >= 15 is 0 Å². The van der Waals surface area contributed by atoms with Crippen molar-refractivity contribution in [1.29, 1.82) is 0 Å². The Kier molecular flexibility index (Phi) is 7.47. The van der Waals surface area contributed by atoms with Crippen molar-refractivity contribution in [3.63, 3.8) is 0 Å². The maximum Gasteiger partial charge on any atom is 0.192 e. The molecule has 2 fully saturated rings. The van der Waals surface area contributed by atoms with E-state index in [0.717, 1.165) is 25.2 Å².